The molecule has 1 heterocycles. The van der Waals surface area contributed by atoms with Gasteiger partial charge in [0.05, 0.1) is 0 Å². The van der Waals surface area contributed by atoms with Crippen LogP contribution >= 0.6 is 0 Å². The van der Waals surface area contributed by atoms with Crippen molar-refractivity contribution in [2.45, 2.75) is 0 Å². The minimum absolute atomic E-state index is 0.126. The summed E-state index contributed by atoms with van der Waals surface area (Å²) in [6.45, 7) is 0. The first-order valence-electron chi connectivity index (χ1n) is 6.39. The summed E-state index contributed by atoms with van der Waals surface area (Å²) in [5.41, 5.74) is -0.138. The second-order valence-corrected chi connectivity index (χ2v) is 4.39. The zero-order chi connectivity index (χ0) is 14.7. The number of nitrogens with one attached hydrogen (secondary N) is 2. The fourth-order valence-electron chi connectivity index (χ4n) is 2.02. The quantitative estimate of drug-likeness (QED) is 0.774. The lowest BCUT2D eigenvalue weighted by Crippen LogP contribution is -2.24. The van der Waals surface area contributed by atoms with E-state index in [1.807, 2.05) is 36.4 Å². The number of benzene rings is 2. The first kappa shape index (κ1) is 12.9. The summed E-state index contributed by atoms with van der Waals surface area (Å²) in [6, 6.07) is 18.0. The molecule has 0 saturated carbocycles. The maximum Gasteiger partial charge on any atom is 0.328 e. The molecule has 2 aromatic carbocycles. The lowest BCUT2D eigenvalue weighted by Gasteiger charge is -2.09. The Bertz CT molecular complexity index is 852. The molecule has 0 saturated heterocycles. The van der Waals surface area contributed by atoms with Gasteiger partial charge in [-0.3, -0.25) is 14.8 Å². The average molecular weight is 280 g/mol. The van der Waals surface area contributed by atoms with Crippen LogP contribution in [-0.4, -0.2) is 9.97 Å². The molecule has 5 nitrogen and oxygen atoms in total. The summed E-state index contributed by atoms with van der Waals surface area (Å²) in [7, 11) is 0. The van der Waals surface area contributed by atoms with Crippen LogP contribution in [0.4, 0.5) is 0 Å². The number of hydrogen-bond acceptors (Lipinski definition) is 3. The molecule has 0 bridgehead atoms. The van der Waals surface area contributed by atoms with Gasteiger partial charge in [-0.1, -0.05) is 48.5 Å². The van der Waals surface area contributed by atoms with E-state index in [1.54, 1.807) is 24.3 Å². The summed E-state index contributed by atoms with van der Waals surface area (Å²) in [4.78, 5) is 28.3. The summed E-state index contributed by atoms with van der Waals surface area (Å²) in [6.07, 6.45) is 0. The Hall–Kier alpha value is -3.08. The first-order chi connectivity index (χ1) is 10.2. The molecule has 0 amide bonds. The average Bonchev–Trinajstić information content (AvgIpc) is 2.48. The Morgan fingerprint density at radius 3 is 2.05 bits per heavy atom. The van der Waals surface area contributed by atoms with Crippen LogP contribution in [0.5, 0.6) is 11.6 Å². The third-order valence-electron chi connectivity index (χ3n) is 2.93. The molecule has 0 unspecified atom stereocenters. The Morgan fingerprint density at radius 1 is 0.762 bits per heavy atom. The maximum absolute atomic E-state index is 12.1. The van der Waals surface area contributed by atoms with E-state index in [1.165, 1.54) is 0 Å². The predicted octanol–water partition coefficient (Wildman–Crippen LogP) is 2.52. The van der Waals surface area contributed by atoms with E-state index in [0.29, 0.717) is 16.9 Å². The zero-order valence-electron chi connectivity index (χ0n) is 11.0. The van der Waals surface area contributed by atoms with Gasteiger partial charge < -0.3 is 4.74 Å². The van der Waals surface area contributed by atoms with Gasteiger partial charge in [-0.15, -0.1) is 0 Å². The van der Waals surface area contributed by atoms with Crippen molar-refractivity contribution in [2.75, 3.05) is 0 Å². The number of ether oxygens (including phenoxy) is 1. The molecule has 2 N–H and O–H groups in total. The summed E-state index contributed by atoms with van der Waals surface area (Å²) in [5, 5.41) is 0. The van der Waals surface area contributed by atoms with Crippen molar-refractivity contribution in [3.63, 3.8) is 0 Å². The van der Waals surface area contributed by atoms with Crippen LogP contribution in [0.2, 0.25) is 0 Å². The highest BCUT2D eigenvalue weighted by Gasteiger charge is 2.13. The van der Waals surface area contributed by atoms with Gasteiger partial charge in [0.1, 0.15) is 11.3 Å². The number of rotatable bonds is 3. The van der Waals surface area contributed by atoms with E-state index in [2.05, 4.69) is 9.97 Å². The molecule has 5 heteroatoms. The van der Waals surface area contributed by atoms with E-state index in [-0.39, 0.29) is 5.88 Å². The van der Waals surface area contributed by atoms with Crippen LogP contribution in [-0.2, 0) is 0 Å². The van der Waals surface area contributed by atoms with Gasteiger partial charge in [0, 0.05) is 0 Å². The molecule has 0 aliphatic carbocycles. The van der Waals surface area contributed by atoms with E-state index >= 15 is 0 Å². The highest BCUT2D eigenvalue weighted by Crippen LogP contribution is 2.27. The second-order valence-electron chi connectivity index (χ2n) is 4.39. The van der Waals surface area contributed by atoms with E-state index in [4.69, 9.17) is 4.74 Å². The second kappa shape index (κ2) is 5.50. The lowest BCUT2D eigenvalue weighted by molar-refractivity contribution is 0.460. The van der Waals surface area contributed by atoms with Crippen LogP contribution in [0.1, 0.15) is 0 Å². The number of aromatic nitrogens is 2. The van der Waals surface area contributed by atoms with Crippen LogP contribution in [0, 0.1) is 0 Å². The van der Waals surface area contributed by atoms with E-state index in [0.717, 1.165) is 0 Å². The van der Waals surface area contributed by atoms with E-state index in [9.17, 15) is 9.59 Å². The Labute approximate surface area is 119 Å². The van der Waals surface area contributed by atoms with Crippen LogP contribution in [0.25, 0.3) is 11.1 Å². The number of hydrogen-bond donors (Lipinski definition) is 2. The highest BCUT2D eigenvalue weighted by molar-refractivity contribution is 5.67. The van der Waals surface area contributed by atoms with Gasteiger partial charge in [0.15, 0.2) is 0 Å². The molecule has 0 aliphatic heterocycles. The first-order valence-corrected chi connectivity index (χ1v) is 6.39. The van der Waals surface area contributed by atoms with Crippen LogP contribution in [0.3, 0.4) is 0 Å². The Morgan fingerprint density at radius 2 is 1.38 bits per heavy atom. The van der Waals surface area contributed by atoms with Gasteiger partial charge in [0.25, 0.3) is 5.56 Å². The molecule has 0 atom stereocenters. The monoisotopic (exact) mass is 280 g/mol. The topological polar surface area (TPSA) is 75.0 Å². The number of aromatic amines is 2. The fourth-order valence-corrected chi connectivity index (χ4v) is 2.02. The van der Waals surface area contributed by atoms with Crippen LogP contribution in [0.15, 0.2) is 70.3 Å². The lowest BCUT2D eigenvalue weighted by atomic mass is 10.1. The predicted molar refractivity (Wildman–Crippen MR) is 79.6 cm³/mol. The molecule has 3 rings (SSSR count). The minimum atomic E-state index is -0.606. The van der Waals surface area contributed by atoms with Crippen molar-refractivity contribution in [1.82, 2.24) is 9.97 Å². The van der Waals surface area contributed by atoms with E-state index < -0.39 is 11.2 Å². The summed E-state index contributed by atoms with van der Waals surface area (Å²) >= 11 is 0. The third-order valence-corrected chi connectivity index (χ3v) is 2.93. The van der Waals surface area contributed by atoms with Crippen molar-refractivity contribution in [3.8, 4) is 22.8 Å². The SMILES string of the molecule is O=c1[nH]c(Oc2ccccc2)c(-c2ccccc2)c(=O)[nH]1. The van der Waals surface area contributed by atoms with Gasteiger partial charge in [-0.25, -0.2) is 4.79 Å². The highest BCUT2D eigenvalue weighted by atomic mass is 16.5. The van der Waals surface area contributed by atoms with Crippen molar-refractivity contribution in [2.24, 2.45) is 0 Å². The van der Waals surface area contributed by atoms with Gasteiger partial charge >= 0.3 is 5.69 Å². The summed E-state index contributed by atoms with van der Waals surface area (Å²) < 4.78 is 5.65. The summed E-state index contributed by atoms with van der Waals surface area (Å²) in [5.74, 6) is 0.664. The normalized spacial score (nSPS) is 10.3. The largest absolute Gasteiger partial charge is 0.440 e. The molecular formula is C16H12N2O3. The van der Waals surface area contributed by atoms with Gasteiger partial charge in [-0.2, -0.15) is 0 Å². The Balaban J connectivity index is 2.16. The molecule has 0 aliphatic rings. The fraction of sp³-hybridized carbons (Fsp3) is 0. The third kappa shape index (κ3) is 2.76. The maximum atomic E-state index is 12.1. The van der Waals surface area contributed by atoms with Crippen molar-refractivity contribution < 1.29 is 4.74 Å². The molecular weight excluding hydrogens is 268 g/mol. The molecule has 104 valence electrons. The van der Waals surface area contributed by atoms with Crippen molar-refractivity contribution >= 4 is 0 Å². The standard InChI is InChI=1S/C16H12N2O3/c19-14-13(11-7-3-1-4-8-11)15(18-16(20)17-14)21-12-9-5-2-6-10-12/h1-10H,(H2,17,18,19,20). The Kier molecular flexibility index (Phi) is 3.39. The minimum Gasteiger partial charge on any atom is -0.440 e. The van der Waals surface area contributed by atoms with Crippen LogP contribution < -0.4 is 16.0 Å². The van der Waals surface area contributed by atoms with Gasteiger partial charge in [-0.05, 0) is 17.7 Å². The smallest absolute Gasteiger partial charge is 0.328 e. The molecule has 1 aromatic heterocycles. The number of para-hydroxylation sites is 1. The molecule has 0 fully saturated rings. The number of H-pyrrole nitrogens is 2. The molecule has 0 radical (unpaired) electrons. The van der Waals surface area contributed by atoms with Gasteiger partial charge in [0.2, 0.25) is 5.88 Å². The molecule has 0 spiro atoms. The van der Waals surface area contributed by atoms with Crippen molar-refractivity contribution in [3.05, 3.63) is 81.5 Å². The van der Waals surface area contributed by atoms with Crippen molar-refractivity contribution in [1.29, 1.82) is 0 Å². The molecule has 21 heavy (non-hydrogen) atoms. The molecule has 3 aromatic rings. The zero-order valence-corrected chi connectivity index (χ0v) is 11.0.